The first kappa shape index (κ1) is 15.2. The minimum atomic E-state index is -0.330. The Morgan fingerprint density at radius 2 is 2.05 bits per heavy atom. The van der Waals surface area contributed by atoms with E-state index < -0.39 is 0 Å². The summed E-state index contributed by atoms with van der Waals surface area (Å²) in [6, 6.07) is 7.51. The molecule has 0 fully saturated rings. The zero-order chi connectivity index (χ0) is 14.7. The number of anilines is 1. The molecule has 1 aromatic heterocycles. The highest BCUT2D eigenvalue weighted by Crippen LogP contribution is 2.20. The van der Waals surface area contributed by atoms with Gasteiger partial charge in [0.15, 0.2) is 5.69 Å². The average Bonchev–Trinajstić information content (AvgIpc) is 2.41. The lowest BCUT2D eigenvalue weighted by Crippen LogP contribution is -2.16. The van der Waals surface area contributed by atoms with Gasteiger partial charge in [-0.05, 0) is 34.7 Å². The molecule has 1 N–H and O–H groups in total. The van der Waals surface area contributed by atoms with E-state index in [2.05, 4.69) is 37.9 Å². The molecule has 2 aromatic rings. The lowest BCUT2D eigenvalue weighted by Gasteiger charge is -2.10. The lowest BCUT2D eigenvalue weighted by molar-refractivity contribution is 0.102. The van der Waals surface area contributed by atoms with E-state index in [4.69, 9.17) is 11.6 Å². The third-order valence-corrected chi connectivity index (χ3v) is 3.83. The predicted molar refractivity (Wildman–Crippen MR) is 88.2 cm³/mol. The van der Waals surface area contributed by atoms with Crippen molar-refractivity contribution >= 4 is 45.8 Å². The van der Waals surface area contributed by atoms with E-state index >= 15 is 0 Å². The smallest absolute Gasteiger partial charge is 0.275 e. The monoisotopic (exact) mass is 401 g/mol. The number of nitrogens with one attached hydrogen (secondary N) is 1. The summed E-state index contributed by atoms with van der Waals surface area (Å²) in [6.07, 6.45) is 1.47. The number of halogens is 2. The molecule has 0 spiro atoms. The molecule has 0 saturated carbocycles. The van der Waals surface area contributed by atoms with Gasteiger partial charge in [0.1, 0.15) is 5.82 Å². The number of aromatic nitrogens is 2. The minimum absolute atomic E-state index is 0.135. The molecule has 6 heteroatoms. The van der Waals surface area contributed by atoms with Crippen LogP contribution in [0.2, 0.25) is 5.02 Å². The third kappa shape index (κ3) is 3.46. The van der Waals surface area contributed by atoms with E-state index in [0.717, 1.165) is 9.26 Å². The van der Waals surface area contributed by atoms with Crippen molar-refractivity contribution in [1.29, 1.82) is 0 Å². The summed E-state index contributed by atoms with van der Waals surface area (Å²) in [4.78, 5) is 20.6. The first-order valence-electron chi connectivity index (χ1n) is 6.07. The van der Waals surface area contributed by atoms with Crippen molar-refractivity contribution in [3.05, 3.63) is 50.6 Å². The number of benzene rings is 1. The van der Waals surface area contributed by atoms with Gasteiger partial charge in [-0.3, -0.25) is 4.79 Å². The first-order chi connectivity index (χ1) is 9.49. The Morgan fingerprint density at radius 3 is 2.70 bits per heavy atom. The van der Waals surface area contributed by atoms with Crippen LogP contribution >= 0.6 is 34.2 Å². The van der Waals surface area contributed by atoms with Crippen molar-refractivity contribution in [2.75, 3.05) is 5.32 Å². The minimum Gasteiger partial charge on any atom is -0.320 e. The number of amides is 1. The van der Waals surface area contributed by atoms with Crippen molar-refractivity contribution in [3.8, 4) is 0 Å². The molecule has 0 aliphatic carbocycles. The van der Waals surface area contributed by atoms with Crippen molar-refractivity contribution in [2.45, 2.75) is 19.8 Å². The van der Waals surface area contributed by atoms with E-state index in [0.29, 0.717) is 5.82 Å². The molecule has 0 saturated heterocycles. The number of rotatable bonds is 3. The standard InChI is InChI=1S/C14H13ClIN3O/c1-8(2)13-17-7-9(15)12(19-13)14(20)18-11-6-4-3-5-10(11)16/h3-8H,1-2H3,(H,18,20). The SMILES string of the molecule is CC(C)c1ncc(Cl)c(C(=O)Nc2ccccc2I)n1. The van der Waals surface area contributed by atoms with Crippen molar-refractivity contribution < 1.29 is 4.79 Å². The van der Waals surface area contributed by atoms with Gasteiger partial charge >= 0.3 is 0 Å². The molecule has 0 radical (unpaired) electrons. The van der Waals surface area contributed by atoms with Gasteiger partial charge in [-0.1, -0.05) is 37.6 Å². The molecule has 104 valence electrons. The molecule has 1 heterocycles. The van der Waals surface area contributed by atoms with Crippen LogP contribution in [0.4, 0.5) is 5.69 Å². The summed E-state index contributed by atoms with van der Waals surface area (Å²) in [7, 11) is 0. The lowest BCUT2D eigenvalue weighted by atomic mass is 10.2. The maximum absolute atomic E-state index is 12.3. The van der Waals surface area contributed by atoms with Gasteiger partial charge in [-0.15, -0.1) is 0 Å². The fourth-order valence-electron chi connectivity index (χ4n) is 1.56. The quantitative estimate of drug-likeness (QED) is 0.788. The zero-order valence-corrected chi connectivity index (χ0v) is 13.9. The van der Waals surface area contributed by atoms with Gasteiger partial charge in [0, 0.05) is 9.49 Å². The maximum atomic E-state index is 12.3. The molecular weight excluding hydrogens is 389 g/mol. The van der Waals surface area contributed by atoms with Crippen LogP contribution in [0.25, 0.3) is 0 Å². The molecule has 4 nitrogen and oxygen atoms in total. The summed E-state index contributed by atoms with van der Waals surface area (Å²) < 4.78 is 0.952. The van der Waals surface area contributed by atoms with Gasteiger partial charge in [0.2, 0.25) is 0 Å². The average molecular weight is 402 g/mol. The number of para-hydroxylation sites is 1. The molecule has 20 heavy (non-hydrogen) atoms. The summed E-state index contributed by atoms with van der Waals surface area (Å²) >= 11 is 8.17. The van der Waals surface area contributed by atoms with Crippen molar-refractivity contribution in [2.24, 2.45) is 0 Å². The molecule has 1 amide bonds. The number of nitrogens with zero attached hydrogens (tertiary/aromatic N) is 2. The second-order valence-electron chi connectivity index (χ2n) is 4.51. The second-order valence-corrected chi connectivity index (χ2v) is 6.08. The van der Waals surface area contributed by atoms with Crippen molar-refractivity contribution in [1.82, 2.24) is 9.97 Å². The summed E-state index contributed by atoms with van der Waals surface area (Å²) in [6.45, 7) is 3.93. The molecule has 0 aliphatic heterocycles. The topological polar surface area (TPSA) is 54.9 Å². The second kappa shape index (κ2) is 6.49. The Morgan fingerprint density at radius 1 is 1.35 bits per heavy atom. The maximum Gasteiger partial charge on any atom is 0.275 e. The Kier molecular flexibility index (Phi) is 4.93. The van der Waals surface area contributed by atoms with Crippen LogP contribution in [0.15, 0.2) is 30.5 Å². The summed E-state index contributed by atoms with van der Waals surface area (Å²) in [5, 5.41) is 3.06. The molecule has 1 aromatic carbocycles. The highest BCUT2D eigenvalue weighted by Gasteiger charge is 2.16. The zero-order valence-electron chi connectivity index (χ0n) is 11.0. The Balaban J connectivity index is 2.30. The number of carbonyl (C=O) groups excluding carboxylic acids is 1. The van der Waals surface area contributed by atoms with Crippen LogP contribution in [0, 0.1) is 3.57 Å². The van der Waals surface area contributed by atoms with Gasteiger partial charge in [0.05, 0.1) is 16.9 Å². The Bertz CT molecular complexity index is 646. The molecule has 0 unspecified atom stereocenters. The first-order valence-corrected chi connectivity index (χ1v) is 7.53. The van der Waals surface area contributed by atoms with E-state index in [-0.39, 0.29) is 22.5 Å². The van der Waals surface area contributed by atoms with Crippen LogP contribution in [0.1, 0.15) is 36.1 Å². The largest absolute Gasteiger partial charge is 0.320 e. The van der Waals surface area contributed by atoms with Crippen LogP contribution < -0.4 is 5.32 Å². The Hall–Kier alpha value is -1.21. The van der Waals surface area contributed by atoms with Crippen LogP contribution in [0.5, 0.6) is 0 Å². The number of carbonyl (C=O) groups is 1. The van der Waals surface area contributed by atoms with Gasteiger partial charge < -0.3 is 5.32 Å². The van der Waals surface area contributed by atoms with Gasteiger partial charge in [0.25, 0.3) is 5.91 Å². The van der Waals surface area contributed by atoms with Gasteiger partial charge in [-0.2, -0.15) is 0 Å². The molecule has 0 aliphatic rings. The van der Waals surface area contributed by atoms with Crippen LogP contribution in [-0.4, -0.2) is 15.9 Å². The van der Waals surface area contributed by atoms with E-state index in [1.54, 1.807) is 0 Å². The third-order valence-electron chi connectivity index (χ3n) is 2.62. The fraction of sp³-hybridized carbons (Fsp3) is 0.214. The number of hydrogen-bond donors (Lipinski definition) is 1. The normalized spacial score (nSPS) is 10.7. The molecule has 0 atom stereocenters. The summed E-state index contributed by atoms with van der Waals surface area (Å²) in [5.41, 5.74) is 0.934. The van der Waals surface area contributed by atoms with E-state index in [9.17, 15) is 4.79 Å². The van der Waals surface area contributed by atoms with Crippen molar-refractivity contribution in [3.63, 3.8) is 0 Å². The van der Waals surface area contributed by atoms with E-state index in [1.807, 2.05) is 38.1 Å². The highest BCUT2D eigenvalue weighted by atomic mass is 127. The highest BCUT2D eigenvalue weighted by molar-refractivity contribution is 14.1. The molecule has 2 rings (SSSR count). The van der Waals surface area contributed by atoms with Gasteiger partial charge in [-0.25, -0.2) is 9.97 Å². The molecular formula is C14H13ClIN3O. The van der Waals surface area contributed by atoms with Crippen LogP contribution in [0.3, 0.4) is 0 Å². The Labute approximate surface area is 136 Å². The number of hydrogen-bond acceptors (Lipinski definition) is 3. The summed E-state index contributed by atoms with van der Waals surface area (Å²) in [5.74, 6) is 0.404. The van der Waals surface area contributed by atoms with Crippen LogP contribution in [-0.2, 0) is 0 Å². The molecule has 0 bridgehead atoms. The predicted octanol–water partition coefficient (Wildman–Crippen LogP) is 4.11. The fourth-order valence-corrected chi connectivity index (χ4v) is 2.26. The van der Waals surface area contributed by atoms with E-state index in [1.165, 1.54) is 6.20 Å².